The molecule has 0 atom stereocenters. The van der Waals surface area contributed by atoms with Crippen LogP contribution in [-0.4, -0.2) is 17.6 Å². The summed E-state index contributed by atoms with van der Waals surface area (Å²) in [4.78, 5) is 13.1. The fourth-order valence-electron chi connectivity index (χ4n) is 2.64. The number of halogens is 2. The second-order valence-electron chi connectivity index (χ2n) is 5.06. The zero-order valence-electron chi connectivity index (χ0n) is 11.1. The average Bonchev–Trinajstić information content (AvgIpc) is 2.85. The van der Waals surface area contributed by atoms with Gasteiger partial charge < -0.3 is 10.0 Å². The molecule has 5 heteroatoms. The summed E-state index contributed by atoms with van der Waals surface area (Å²) in [6.07, 6.45) is 0.784. The van der Waals surface area contributed by atoms with E-state index in [1.165, 1.54) is 6.07 Å². The second kappa shape index (κ2) is 5.48. The molecular weight excluding hydrogens is 337 g/mol. The van der Waals surface area contributed by atoms with E-state index in [4.69, 9.17) is 5.11 Å². The van der Waals surface area contributed by atoms with E-state index >= 15 is 0 Å². The van der Waals surface area contributed by atoms with Crippen LogP contribution in [0.25, 0.3) is 0 Å². The van der Waals surface area contributed by atoms with E-state index in [2.05, 4.69) is 20.8 Å². The summed E-state index contributed by atoms with van der Waals surface area (Å²) in [6.45, 7) is 1.25. The lowest BCUT2D eigenvalue weighted by Crippen LogP contribution is -2.20. The molecule has 0 saturated heterocycles. The Kier molecular flexibility index (Phi) is 3.68. The molecule has 21 heavy (non-hydrogen) atoms. The van der Waals surface area contributed by atoms with E-state index in [0.717, 1.165) is 28.7 Å². The number of rotatable bonds is 3. The third kappa shape index (κ3) is 2.78. The molecule has 1 aliphatic heterocycles. The highest BCUT2D eigenvalue weighted by molar-refractivity contribution is 9.10. The molecule has 0 radical (unpaired) electrons. The summed E-state index contributed by atoms with van der Waals surface area (Å²) >= 11 is 3.35. The molecule has 0 saturated carbocycles. The Bertz CT molecular complexity index is 717. The van der Waals surface area contributed by atoms with Crippen LogP contribution in [0.2, 0.25) is 0 Å². The van der Waals surface area contributed by atoms with Crippen molar-refractivity contribution in [3.05, 3.63) is 63.4 Å². The Morgan fingerprint density at radius 3 is 2.86 bits per heavy atom. The second-order valence-corrected chi connectivity index (χ2v) is 5.97. The number of carboxylic acid groups (broad SMARTS) is 1. The van der Waals surface area contributed by atoms with E-state index in [0.29, 0.717) is 17.7 Å². The van der Waals surface area contributed by atoms with Crippen LogP contribution in [0.4, 0.5) is 10.1 Å². The van der Waals surface area contributed by atoms with Gasteiger partial charge in [-0.05, 0) is 48.4 Å². The van der Waals surface area contributed by atoms with E-state index < -0.39 is 5.97 Å². The summed E-state index contributed by atoms with van der Waals surface area (Å²) in [5, 5.41) is 9.02. The fourth-order valence-corrected chi connectivity index (χ4v) is 3.05. The zero-order valence-corrected chi connectivity index (χ0v) is 12.7. The highest BCUT2D eigenvalue weighted by Crippen LogP contribution is 2.31. The van der Waals surface area contributed by atoms with Gasteiger partial charge in [0.2, 0.25) is 0 Å². The van der Waals surface area contributed by atoms with Crippen LogP contribution >= 0.6 is 15.9 Å². The van der Waals surface area contributed by atoms with E-state index in [1.54, 1.807) is 24.3 Å². The Hall–Kier alpha value is -1.88. The van der Waals surface area contributed by atoms with Crippen molar-refractivity contribution in [3.63, 3.8) is 0 Å². The highest BCUT2D eigenvalue weighted by Gasteiger charge is 2.21. The molecule has 2 aromatic rings. The van der Waals surface area contributed by atoms with Crippen molar-refractivity contribution in [2.24, 2.45) is 0 Å². The maximum absolute atomic E-state index is 13.8. The quantitative estimate of drug-likeness (QED) is 0.914. The Labute approximate surface area is 130 Å². The van der Waals surface area contributed by atoms with Crippen molar-refractivity contribution in [1.82, 2.24) is 0 Å². The smallest absolute Gasteiger partial charge is 0.335 e. The summed E-state index contributed by atoms with van der Waals surface area (Å²) in [6, 6.07) is 10.0. The van der Waals surface area contributed by atoms with Crippen molar-refractivity contribution in [2.75, 3.05) is 11.4 Å². The number of hydrogen-bond donors (Lipinski definition) is 1. The molecule has 0 aromatic heterocycles. The number of fused-ring (bicyclic) bond motifs is 1. The van der Waals surface area contributed by atoms with Crippen molar-refractivity contribution in [1.29, 1.82) is 0 Å². The standard InChI is InChI=1S/C16H13BrFNO2/c17-13-2-3-14(18)12(8-13)9-19-6-5-10-7-11(16(20)21)1-4-15(10)19/h1-4,7-8H,5-6,9H2,(H,20,21). The third-order valence-electron chi connectivity index (χ3n) is 3.69. The SMILES string of the molecule is O=C(O)c1ccc2c(c1)CCN2Cc1cc(Br)ccc1F. The van der Waals surface area contributed by atoms with Crippen molar-refractivity contribution in [3.8, 4) is 0 Å². The van der Waals surface area contributed by atoms with Crippen LogP contribution in [0, 0.1) is 5.82 Å². The molecule has 3 rings (SSSR count). The monoisotopic (exact) mass is 349 g/mol. The van der Waals surface area contributed by atoms with Gasteiger partial charge in [0.25, 0.3) is 0 Å². The topological polar surface area (TPSA) is 40.5 Å². The number of benzene rings is 2. The van der Waals surface area contributed by atoms with E-state index in [-0.39, 0.29) is 5.82 Å². The first-order chi connectivity index (χ1) is 10.0. The molecule has 108 valence electrons. The van der Waals surface area contributed by atoms with Gasteiger partial charge in [-0.1, -0.05) is 15.9 Å². The minimum Gasteiger partial charge on any atom is -0.478 e. The summed E-state index contributed by atoms with van der Waals surface area (Å²) in [5.74, 6) is -1.15. The first-order valence-corrected chi connectivity index (χ1v) is 7.39. The molecule has 0 amide bonds. The summed E-state index contributed by atoms with van der Waals surface area (Å²) in [7, 11) is 0. The van der Waals surface area contributed by atoms with Crippen LogP contribution in [0.5, 0.6) is 0 Å². The van der Waals surface area contributed by atoms with Crippen LogP contribution in [0.15, 0.2) is 40.9 Å². The molecule has 0 unspecified atom stereocenters. The first-order valence-electron chi connectivity index (χ1n) is 6.59. The molecule has 1 aliphatic rings. The maximum Gasteiger partial charge on any atom is 0.335 e. The van der Waals surface area contributed by atoms with Crippen molar-refractivity contribution >= 4 is 27.6 Å². The predicted octanol–water partition coefficient (Wildman–Crippen LogP) is 3.85. The minimum absolute atomic E-state index is 0.228. The van der Waals surface area contributed by atoms with Gasteiger partial charge >= 0.3 is 5.97 Å². The molecule has 2 aromatic carbocycles. The van der Waals surface area contributed by atoms with Crippen molar-refractivity contribution < 1.29 is 14.3 Å². The lowest BCUT2D eigenvalue weighted by Gasteiger charge is -2.20. The molecule has 0 bridgehead atoms. The van der Waals surface area contributed by atoms with Crippen LogP contribution in [0.1, 0.15) is 21.5 Å². The average molecular weight is 350 g/mol. The zero-order chi connectivity index (χ0) is 15.0. The van der Waals surface area contributed by atoms with Gasteiger partial charge in [-0.25, -0.2) is 9.18 Å². The van der Waals surface area contributed by atoms with Gasteiger partial charge in [0.05, 0.1) is 5.56 Å². The van der Waals surface area contributed by atoms with Crippen LogP contribution in [0.3, 0.4) is 0 Å². The Morgan fingerprint density at radius 1 is 1.29 bits per heavy atom. The molecule has 1 heterocycles. The lowest BCUT2D eigenvalue weighted by atomic mass is 10.1. The van der Waals surface area contributed by atoms with Gasteiger partial charge in [0, 0.05) is 28.8 Å². The molecule has 0 aliphatic carbocycles. The minimum atomic E-state index is -0.922. The van der Waals surface area contributed by atoms with Crippen molar-refractivity contribution in [2.45, 2.75) is 13.0 Å². The number of aromatic carboxylic acids is 1. The largest absolute Gasteiger partial charge is 0.478 e. The number of nitrogens with zero attached hydrogens (tertiary/aromatic N) is 1. The van der Waals surface area contributed by atoms with Crippen LogP contribution in [-0.2, 0) is 13.0 Å². The lowest BCUT2D eigenvalue weighted by molar-refractivity contribution is 0.0697. The number of carboxylic acids is 1. The first kappa shape index (κ1) is 14.1. The maximum atomic E-state index is 13.8. The molecule has 0 spiro atoms. The molecule has 0 fully saturated rings. The predicted molar refractivity (Wildman–Crippen MR) is 82.3 cm³/mol. The van der Waals surface area contributed by atoms with E-state index in [1.807, 2.05) is 6.07 Å². The number of hydrogen-bond acceptors (Lipinski definition) is 2. The molecule has 1 N–H and O–H groups in total. The van der Waals surface area contributed by atoms with Gasteiger partial charge in [-0.2, -0.15) is 0 Å². The molecule has 3 nitrogen and oxygen atoms in total. The van der Waals surface area contributed by atoms with Gasteiger partial charge in [-0.3, -0.25) is 0 Å². The number of carbonyl (C=O) groups is 1. The Morgan fingerprint density at radius 2 is 2.10 bits per heavy atom. The third-order valence-corrected chi connectivity index (χ3v) is 4.18. The van der Waals surface area contributed by atoms with Crippen LogP contribution < -0.4 is 4.90 Å². The Balaban J connectivity index is 1.88. The van der Waals surface area contributed by atoms with Gasteiger partial charge in [0.1, 0.15) is 5.82 Å². The van der Waals surface area contributed by atoms with E-state index in [9.17, 15) is 9.18 Å². The van der Waals surface area contributed by atoms with Gasteiger partial charge in [-0.15, -0.1) is 0 Å². The number of anilines is 1. The highest BCUT2D eigenvalue weighted by atomic mass is 79.9. The normalized spacial score (nSPS) is 13.3. The summed E-state index contributed by atoms with van der Waals surface area (Å²) in [5.41, 5.74) is 2.91. The fraction of sp³-hybridized carbons (Fsp3) is 0.188. The van der Waals surface area contributed by atoms with Gasteiger partial charge in [0.15, 0.2) is 0 Å². The summed E-state index contributed by atoms with van der Waals surface area (Å²) < 4.78 is 14.7. The molecular formula is C16H13BrFNO2.